The summed E-state index contributed by atoms with van der Waals surface area (Å²) in [4.78, 5) is 0. The van der Waals surface area contributed by atoms with Crippen molar-refractivity contribution in [2.24, 2.45) is 0 Å². The minimum atomic E-state index is 0.544. The maximum atomic E-state index is 3.74. The SMILES string of the molecule is CCCNC(Cc1cc(C)ccc1C)C1=CCCC1. The van der Waals surface area contributed by atoms with Gasteiger partial charge in [0.25, 0.3) is 0 Å². The van der Waals surface area contributed by atoms with Crippen LogP contribution in [0.4, 0.5) is 0 Å². The van der Waals surface area contributed by atoms with Crippen molar-refractivity contribution < 1.29 is 0 Å². The molecule has 1 aliphatic rings. The van der Waals surface area contributed by atoms with E-state index >= 15 is 0 Å². The average molecular weight is 257 g/mol. The average Bonchev–Trinajstić information content (AvgIpc) is 2.92. The summed E-state index contributed by atoms with van der Waals surface area (Å²) < 4.78 is 0. The van der Waals surface area contributed by atoms with Crippen LogP contribution in [0, 0.1) is 13.8 Å². The minimum Gasteiger partial charge on any atom is -0.310 e. The number of hydrogen-bond donors (Lipinski definition) is 1. The third-order valence-corrected chi connectivity index (χ3v) is 4.09. The second-order valence-electron chi connectivity index (χ2n) is 5.81. The maximum absolute atomic E-state index is 3.74. The van der Waals surface area contributed by atoms with Crippen LogP contribution in [0.1, 0.15) is 49.3 Å². The monoisotopic (exact) mass is 257 g/mol. The van der Waals surface area contributed by atoms with Crippen molar-refractivity contribution in [2.45, 2.75) is 58.9 Å². The van der Waals surface area contributed by atoms with E-state index in [1.165, 1.54) is 42.4 Å². The van der Waals surface area contributed by atoms with Crippen LogP contribution in [0.3, 0.4) is 0 Å². The van der Waals surface area contributed by atoms with E-state index in [9.17, 15) is 0 Å². The molecule has 0 amide bonds. The van der Waals surface area contributed by atoms with Gasteiger partial charge in [-0.1, -0.05) is 42.3 Å². The molecule has 104 valence electrons. The highest BCUT2D eigenvalue weighted by molar-refractivity contribution is 5.33. The maximum Gasteiger partial charge on any atom is 0.0320 e. The first-order chi connectivity index (χ1) is 9.20. The van der Waals surface area contributed by atoms with Crippen LogP contribution in [0.2, 0.25) is 0 Å². The minimum absolute atomic E-state index is 0.544. The lowest BCUT2D eigenvalue weighted by molar-refractivity contribution is 0.551. The zero-order valence-corrected chi connectivity index (χ0v) is 12.6. The predicted octanol–water partition coefficient (Wildman–Crippen LogP) is 4.32. The molecule has 0 saturated carbocycles. The summed E-state index contributed by atoms with van der Waals surface area (Å²) in [5.41, 5.74) is 5.93. The highest BCUT2D eigenvalue weighted by Crippen LogP contribution is 2.24. The van der Waals surface area contributed by atoms with Gasteiger partial charge in [0.05, 0.1) is 0 Å². The lowest BCUT2D eigenvalue weighted by Crippen LogP contribution is -2.33. The molecule has 0 heterocycles. The highest BCUT2D eigenvalue weighted by Gasteiger charge is 2.17. The molecule has 1 aromatic carbocycles. The van der Waals surface area contributed by atoms with Gasteiger partial charge < -0.3 is 5.32 Å². The smallest absolute Gasteiger partial charge is 0.0320 e. The Kier molecular flexibility index (Phi) is 5.21. The first kappa shape index (κ1) is 14.3. The van der Waals surface area contributed by atoms with Crippen LogP contribution in [0.15, 0.2) is 29.8 Å². The summed E-state index contributed by atoms with van der Waals surface area (Å²) in [5.74, 6) is 0. The van der Waals surface area contributed by atoms with Gasteiger partial charge in [0.1, 0.15) is 0 Å². The number of rotatable bonds is 6. The van der Waals surface area contributed by atoms with E-state index in [0.29, 0.717) is 6.04 Å². The molecule has 1 heteroatoms. The molecule has 0 saturated heterocycles. The van der Waals surface area contributed by atoms with Crippen molar-refractivity contribution in [3.63, 3.8) is 0 Å². The van der Waals surface area contributed by atoms with Crippen LogP contribution in [0.25, 0.3) is 0 Å². The first-order valence-corrected chi connectivity index (χ1v) is 7.69. The third-order valence-electron chi connectivity index (χ3n) is 4.09. The molecule has 1 nitrogen and oxygen atoms in total. The Morgan fingerprint density at radius 1 is 1.26 bits per heavy atom. The lowest BCUT2D eigenvalue weighted by atomic mass is 9.94. The largest absolute Gasteiger partial charge is 0.310 e. The Morgan fingerprint density at radius 2 is 2.11 bits per heavy atom. The van der Waals surface area contributed by atoms with Gasteiger partial charge in [-0.15, -0.1) is 0 Å². The molecule has 1 atom stereocenters. The molecule has 1 unspecified atom stereocenters. The van der Waals surface area contributed by atoms with Gasteiger partial charge in [-0.05, 0) is 63.6 Å². The molecular formula is C18H27N. The molecule has 0 aromatic heterocycles. The molecule has 0 radical (unpaired) electrons. The fraction of sp³-hybridized carbons (Fsp3) is 0.556. The van der Waals surface area contributed by atoms with Crippen molar-refractivity contribution in [2.75, 3.05) is 6.54 Å². The van der Waals surface area contributed by atoms with Gasteiger partial charge in [-0.3, -0.25) is 0 Å². The van der Waals surface area contributed by atoms with E-state index in [1.807, 2.05) is 0 Å². The van der Waals surface area contributed by atoms with E-state index in [0.717, 1.165) is 13.0 Å². The van der Waals surface area contributed by atoms with Gasteiger partial charge in [0, 0.05) is 6.04 Å². The summed E-state index contributed by atoms with van der Waals surface area (Å²) >= 11 is 0. The Bertz CT molecular complexity index is 445. The normalized spacial score (nSPS) is 16.5. The van der Waals surface area contributed by atoms with Crippen LogP contribution >= 0.6 is 0 Å². The first-order valence-electron chi connectivity index (χ1n) is 7.69. The van der Waals surface area contributed by atoms with E-state index in [4.69, 9.17) is 0 Å². The Hall–Kier alpha value is -1.08. The molecular weight excluding hydrogens is 230 g/mol. The molecule has 19 heavy (non-hydrogen) atoms. The summed E-state index contributed by atoms with van der Waals surface area (Å²) in [7, 11) is 0. The molecule has 0 spiro atoms. The second kappa shape index (κ2) is 6.91. The fourth-order valence-corrected chi connectivity index (χ4v) is 2.91. The van der Waals surface area contributed by atoms with Crippen molar-refractivity contribution in [1.29, 1.82) is 0 Å². The molecule has 0 aliphatic heterocycles. The summed E-state index contributed by atoms with van der Waals surface area (Å²) in [6, 6.07) is 7.36. The molecule has 2 rings (SSSR count). The van der Waals surface area contributed by atoms with Gasteiger partial charge in [-0.25, -0.2) is 0 Å². The standard InChI is InChI=1S/C18H27N/c1-4-11-19-18(16-7-5-6-8-16)13-17-12-14(2)9-10-15(17)3/h7,9-10,12,18-19H,4-6,8,11,13H2,1-3H3. The Morgan fingerprint density at radius 3 is 2.79 bits per heavy atom. The third kappa shape index (κ3) is 3.94. The van der Waals surface area contributed by atoms with Crippen molar-refractivity contribution >= 4 is 0 Å². The molecule has 0 fully saturated rings. The van der Waals surface area contributed by atoms with Gasteiger partial charge in [0.15, 0.2) is 0 Å². The van der Waals surface area contributed by atoms with Crippen molar-refractivity contribution in [3.8, 4) is 0 Å². The number of benzene rings is 1. The molecule has 0 bridgehead atoms. The van der Waals surface area contributed by atoms with Crippen LogP contribution in [0.5, 0.6) is 0 Å². The van der Waals surface area contributed by atoms with Gasteiger partial charge in [0.2, 0.25) is 0 Å². The Balaban J connectivity index is 2.12. The second-order valence-corrected chi connectivity index (χ2v) is 5.81. The van der Waals surface area contributed by atoms with Gasteiger partial charge >= 0.3 is 0 Å². The van der Waals surface area contributed by atoms with E-state index in [2.05, 4.69) is 50.4 Å². The summed E-state index contributed by atoms with van der Waals surface area (Å²) in [5, 5.41) is 3.74. The van der Waals surface area contributed by atoms with E-state index in [-0.39, 0.29) is 0 Å². The highest BCUT2D eigenvalue weighted by atomic mass is 14.9. The van der Waals surface area contributed by atoms with Crippen LogP contribution in [-0.4, -0.2) is 12.6 Å². The lowest BCUT2D eigenvalue weighted by Gasteiger charge is -2.21. The van der Waals surface area contributed by atoms with E-state index in [1.54, 1.807) is 5.57 Å². The number of nitrogens with one attached hydrogen (secondary N) is 1. The van der Waals surface area contributed by atoms with Gasteiger partial charge in [-0.2, -0.15) is 0 Å². The van der Waals surface area contributed by atoms with E-state index < -0.39 is 0 Å². The molecule has 1 N–H and O–H groups in total. The zero-order valence-electron chi connectivity index (χ0n) is 12.6. The van der Waals surface area contributed by atoms with Crippen molar-refractivity contribution in [1.82, 2.24) is 5.32 Å². The number of allylic oxidation sites excluding steroid dienone is 1. The Labute approximate surface area is 118 Å². The summed E-state index contributed by atoms with van der Waals surface area (Å²) in [6.07, 6.45) is 8.69. The quantitative estimate of drug-likeness (QED) is 0.748. The van der Waals surface area contributed by atoms with Crippen LogP contribution in [-0.2, 0) is 6.42 Å². The summed E-state index contributed by atoms with van der Waals surface area (Å²) in [6.45, 7) is 7.78. The zero-order chi connectivity index (χ0) is 13.7. The van der Waals surface area contributed by atoms with Crippen molar-refractivity contribution in [3.05, 3.63) is 46.5 Å². The van der Waals surface area contributed by atoms with Crippen LogP contribution < -0.4 is 5.32 Å². The fourth-order valence-electron chi connectivity index (χ4n) is 2.91. The number of aryl methyl sites for hydroxylation is 2. The number of hydrogen-bond acceptors (Lipinski definition) is 1. The molecule has 1 aliphatic carbocycles. The topological polar surface area (TPSA) is 12.0 Å². The molecule has 1 aromatic rings. The predicted molar refractivity (Wildman–Crippen MR) is 83.6 cm³/mol.